The molecule has 6 nitrogen and oxygen atoms in total. The van der Waals surface area contributed by atoms with Crippen LogP contribution in [0.1, 0.15) is 43.5 Å². The topological polar surface area (TPSA) is 87.2 Å². The molecule has 134 valence electrons. The van der Waals surface area contributed by atoms with Gasteiger partial charge in [-0.3, -0.25) is 14.2 Å². The van der Waals surface area contributed by atoms with Crippen LogP contribution in [0, 0.1) is 0 Å². The number of rotatable bonds is 7. The number of carbonyl (C=O) groups excluding carboxylic acids is 1. The van der Waals surface area contributed by atoms with Crippen LogP contribution >= 0.6 is 11.6 Å². The molecule has 0 aliphatic heterocycles. The first kappa shape index (κ1) is 19.1. The molecule has 0 spiro atoms. The SMILES string of the molecule is CCOC(=O)Cn1cnc([C@H](C)C[C@H](N)c2ccc(Cl)cc2)cc1=O. The monoisotopic (exact) mass is 363 g/mol. The smallest absolute Gasteiger partial charge is 0.326 e. The number of aromatic nitrogens is 2. The molecule has 0 saturated heterocycles. The molecule has 7 heteroatoms. The number of esters is 1. The number of ether oxygens (including phenoxy) is 1. The summed E-state index contributed by atoms with van der Waals surface area (Å²) in [6.07, 6.45) is 2.01. The molecule has 0 radical (unpaired) electrons. The molecule has 2 atom stereocenters. The number of carbonyl (C=O) groups is 1. The highest BCUT2D eigenvalue weighted by Gasteiger charge is 2.15. The van der Waals surface area contributed by atoms with Crippen molar-refractivity contribution < 1.29 is 9.53 Å². The van der Waals surface area contributed by atoms with E-state index >= 15 is 0 Å². The number of nitrogens with two attached hydrogens (primary N) is 1. The average Bonchev–Trinajstić information content (AvgIpc) is 2.57. The second-order valence-electron chi connectivity index (χ2n) is 5.88. The van der Waals surface area contributed by atoms with Crippen LogP contribution in [0.15, 0.2) is 41.5 Å². The van der Waals surface area contributed by atoms with E-state index in [1.165, 1.54) is 17.0 Å². The van der Waals surface area contributed by atoms with E-state index in [-0.39, 0.29) is 30.7 Å². The van der Waals surface area contributed by atoms with Gasteiger partial charge >= 0.3 is 5.97 Å². The quantitative estimate of drug-likeness (QED) is 0.764. The molecule has 0 fully saturated rings. The molecule has 0 bridgehead atoms. The third-order valence-electron chi connectivity index (χ3n) is 3.92. The predicted octanol–water partition coefficient (Wildman–Crippen LogP) is 2.65. The molecule has 25 heavy (non-hydrogen) atoms. The highest BCUT2D eigenvalue weighted by Crippen LogP contribution is 2.25. The van der Waals surface area contributed by atoms with Gasteiger partial charge in [0.15, 0.2) is 0 Å². The summed E-state index contributed by atoms with van der Waals surface area (Å²) in [4.78, 5) is 27.9. The van der Waals surface area contributed by atoms with Crippen LogP contribution in [0.5, 0.6) is 0 Å². The summed E-state index contributed by atoms with van der Waals surface area (Å²) < 4.78 is 6.07. The van der Waals surface area contributed by atoms with E-state index < -0.39 is 5.97 Å². The Balaban J connectivity index is 2.05. The van der Waals surface area contributed by atoms with Gasteiger partial charge in [0, 0.05) is 23.0 Å². The zero-order valence-corrected chi connectivity index (χ0v) is 15.1. The molecule has 0 amide bonds. The molecule has 0 saturated carbocycles. The van der Waals surface area contributed by atoms with Crippen molar-refractivity contribution >= 4 is 17.6 Å². The van der Waals surface area contributed by atoms with Gasteiger partial charge in [-0.1, -0.05) is 30.7 Å². The maximum atomic E-state index is 12.1. The minimum atomic E-state index is -0.461. The van der Waals surface area contributed by atoms with Crippen molar-refractivity contribution in [2.45, 2.75) is 38.8 Å². The van der Waals surface area contributed by atoms with Gasteiger partial charge in [0.25, 0.3) is 5.56 Å². The number of nitrogens with zero attached hydrogens (tertiary/aromatic N) is 2. The zero-order valence-electron chi connectivity index (χ0n) is 14.3. The number of halogens is 1. The van der Waals surface area contributed by atoms with E-state index in [9.17, 15) is 9.59 Å². The summed E-state index contributed by atoms with van der Waals surface area (Å²) in [5.41, 5.74) is 7.57. The lowest BCUT2D eigenvalue weighted by Crippen LogP contribution is -2.26. The third kappa shape index (κ3) is 5.41. The number of hydrogen-bond acceptors (Lipinski definition) is 5. The first-order valence-electron chi connectivity index (χ1n) is 8.13. The van der Waals surface area contributed by atoms with Crippen molar-refractivity contribution in [2.24, 2.45) is 5.73 Å². The van der Waals surface area contributed by atoms with E-state index in [2.05, 4.69) is 4.98 Å². The Hall–Kier alpha value is -2.18. The number of benzene rings is 1. The third-order valence-corrected chi connectivity index (χ3v) is 4.17. The molecule has 0 aliphatic carbocycles. The van der Waals surface area contributed by atoms with Gasteiger partial charge in [-0.25, -0.2) is 4.98 Å². The molecule has 1 heterocycles. The Morgan fingerprint density at radius 3 is 2.64 bits per heavy atom. The van der Waals surface area contributed by atoms with Crippen LogP contribution in [0.2, 0.25) is 5.02 Å². The van der Waals surface area contributed by atoms with E-state index in [1.807, 2.05) is 19.1 Å². The van der Waals surface area contributed by atoms with Gasteiger partial charge in [-0.2, -0.15) is 0 Å². The van der Waals surface area contributed by atoms with Crippen LogP contribution in [-0.4, -0.2) is 22.1 Å². The Morgan fingerprint density at radius 2 is 2.04 bits per heavy atom. The molecular weight excluding hydrogens is 342 g/mol. The molecule has 2 rings (SSSR count). The largest absolute Gasteiger partial charge is 0.465 e. The van der Waals surface area contributed by atoms with Gasteiger partial charge in [-0.05, 0) is 31.0 Å². The summed E-state index contributed by atoms with van der Waals surface area (Å²) in [7, 11) is 0. The lowest BCUT2D eigenvalue weighted by Gasteiger charge is -2.17. The fourth-order valence-electron chi connectivity index (χ4n) is 2.52. The molecule has 0 aliphatic rings. The molecule has 1 aromatic carbocycles. The summed E-state index contributed by atoms with van der Waals surface area (Å²) >= 11 is 5.89. The minimum Gasteiger partial charge on any atom is -0.465 e. The maximum Gasteiger partial charge on any atom is 0.326 e. The molecular formula is C18H22ClN3O3. The van der Waals surface area contributed by atoms with Crippen molar-refractivity contribution in [1.82, 2.24) is 9.55 Å². The van der Waals surface area contributed by atoms with Crippen molar-refractivity contribution in [1.29, 1.82) is 0 Å². The normalized spacial score (nSPS) is 13.3. The maximum absolute atomic E-state index is 12.1. The lowest BCUT2D eigenvalue weighted by atomic mass is 9.94. The van der Waals surface area contributed by atoms with Crippen molar-refractivity contribution in [3.8, 4) is 0 Å². The Kier molecular flexibility index (Phi) is 6.73. The van der Waals surface area contributed by atoms with Crippen molar-refractivity contribution in [3.63, 3.8) is 0 Å². The predicted molar refractivity (Wildman–Crippen MR) is 96.5 cm³/mol. The zero-order chi connectivity index (χ0) is 18.4. The van der Waals surface area contributed by atoms with Gasteiger partial charge in [0.2, 0.25) is 0 Å². The Labute approximate surface area is 151 Å². The Bertz CT molecular complexity index is 774. The Morgan fingerprint density at radius 1 is 1.36 bits per heavy atom. The van der Waals surface area contributed by atoms with Crippen LogP contribution in [-0.2, 0) is 16.1 Å². The number of hydrogen-bond donors (Lipinski definition) is 1. The molecule has 2 aromatic rings. The molecule has 1 aromatic heterocycles. The first-order chi connectivity index (χ1) is 11.9. The second kappa shape index (κ2) is 8.78. The summed E-state index contributed by atoms with van der Waals surface area (Å²) in [6.45, 7) is 3.82. The standard InChI is InChI=1S/C18H22ClN3O3/c1-3-25-18(24)10-22-11-21-16(9-17(22)23)12(2)8-15(20)13-4-6-14(19)7-5-13/h4-7,9,11-12,15H,3,8,10,20H2,1-2H3/t12-,15+/m1/s1. The van der Waals surface area contributed by atoms with Crippen LogP contribution in [0.4, 0.5) is 0 Å². The summed E-state index contributed by atoms with van der Waals surface area (Å²) in [6, 6.07) is 8.65. The van der Waals surface area contributed by atoms with Gasteiger partial charge < -0.3 is 10.5 Å². The lowest BCUT2D eigenvalue weighted by molar-refractivity contribution is -0.143. The van der Waals surface area contributed by atoms with E-state index in [0.29, 0.717) is 17.1 Å². The highest BCUT2D eigenvalue weighted by atomic mass is 35.5. The average molecular weight is 364 g/mol. The van der Waals surface area contributed by atoms with Crippen LogP contribution < -0.4 is 11.3 Å². The summed E-state index contributed by atoms with van der Waals surface area (Å²) in [5, 5.41) is 0.663. The van der Waals surface area contributed by atoms with Crippen molar-refractivity contribution in [3.05, 3.63) is 63.3 Å². The van der Waals surface area contributed by atoms with E-state index in [1.54, 1.807) is 19.1 Å². The molecule has 0 unspecified atom stereocenters. The van der Waals surface area contributed by atoms with E-state index in [4.69, 9.17) is 22.1 Å². The van der Waals surface area contributed by atoms with Gasteiger partial charge in [0.1, 0.15) is 6.54 Å². The van der Waals surface area contributed by atoms with E-state index in [0.717, 1.165) is 5.56 Å². The highest BCUT2D eigenvalue weighted by molar-refractivity contribution is 6.30. The fourth-order valence-corrected chi connectivity index (χ4v) is 2.65. The fraction of sp³-hybridized carbons (Fsp3) is 0.389. The van der Waals surface area contributed by atoms with Crippen LogP contribution in [0.25, 0.3) is 0 Å². The van der Waals surface area contributed by atoms with Gasteiger partial charge in [-0.15, -0.1) is 0 Å². The van der Waals surface area contributed by atoms with Crippen LogP contribution in [0.3, 0.4) is 0 Å². The minimum absolute atomic E-state index is 0.00405. The second-order valence-corrected chi connectivity index (χ2v) is 6.32. The summed E-state index contributed by atoms with van der Waals surface area (Å²) in [5.74, 6) is -0.465. The first-order valence-corrected chi connectivity index (χ1v) is 8.51. The van der Waals surface area contributed by atoms with Gasteiger partial charge in [0.05, 0.1) is 18.6 Å². The van der Waals surface area contributed by atoms with Crippen molar-refractivity contribution in [2.75, 3.05) is 6.61 Å². The molecule has 2 N–H and O–H groups in total.